The maximum atomic E-state index is 10.8. The van der Waals surface area contributed by atoms with Crippen LogP contribution in [0, 0.1) is 0 Å². The third-order valence-electron chi connectivity index (χ3n) is 2.64. The molecule has 2 rings (SSSR count). The van der Waals surface area contributed by atoms with Crippen molar-refractivity contribution in [2.75, 3.05) is 0 Å². The summed E-state index contributed by atoms with van der Waals surface area (Å²) < 4.78 is 0. The number of hydrogen-bond acceptors (Lipinski definition) is 2. The standard InChI is InChI=1S/C13H12O2/c1-9(13(14)15)11-8-4-6-10-5-2-3-7-12(10)11/h2-9H,1H3,(H,14,15)/p-1/t9-/m1/s1. The molecule has 0 saturated heterocycles. The van der Waals surface area contributed by atoms with E-state index in [0.29, 0.717) is 0 Å². The van der Waals surface area contributed by atoms with E-state index in [0.717, 1.165) is 16.3 Å². The van der Waals surface area contributed by atoms with Crippen LogP contribution >= 0.6 is 0 Å². The molecule has 0 unspecified atom stereocenters. The lowest BCUT2D eigenvalue weighted by Crippen LogP contribution is -2.28. The lowest BCUT2D eigenvalue weighted by Gasteiger charge is -2.15. The molecule has 0 aromatic heterocycles. The Hall–Kier alpha value is -1.83. The van der Waals surface area contributed by atoms with Crippen molar-refractivity contribution in [1.82, 2.24) is 0 Å². The number of carbonyl (C=O) groups excluding carboxylic acids is 1. The molecular weight excluding hydrogens is 188 g/mol. The minimum atomic E-state index is -1.04. The second-order valence-electron chi connectivity index (χ2n) is 3.61. The quantitative estimate of drug-likeness (QED) is 0.738. The molecular formula is C13H11O2-. The zero-order valence-corrected chi connectivity index (χ0v) is 8.44. The van der Waals surface area contributed by atoms with Gasteiger partial charge in [-0.3, -0.25) is 0 Å². The summed E-state index contributed by atoms with van der Waals surface area (Å²) >= 11 is 0. The van der Waals surface area contributed by atoms with Crippen molar-refractivity contribution in [2.24, 2.45) is 0 Å². The summed E-state index contributed by atoms with van der Waals surface area (Å²) in [5, 5.41) is 12.9. The fourth-order valence-corrected chi connectivity index (χ4v) is 1.76. The van der Waals surface area contributed by atoms with Crippen molar-refractivity contribution in [2.45, 2.75) is 12.8 Å². The van der Waals surface area contributed by atoms with Crippen LogP contribution in [0.1, 0.15) is 18.4 Å². The first-order valence-corrected chi connectivity index (χ1v) is 4.88. The molecule has 0 bridgehead atoms. The molecule has 0 N–H and O–H groups in total. The molecule has 0 amide bonds. The Morgan fingerprint density at radius 3 is 2.53 bits per heavy atom. The number of carboxylic acid groups (broad SMARTS) is 1. The van der Waals surface area contributed by atoms with Gasteiger partial charge in [0, 0.05) is 11.9 Å². The van der Waals surface area contributed by atoms with Gasteiger partial charge in [-0.2, -0.15) is 0 Å². The summed E-state index contributed by atoms with van der Waals surface area (Å²) in [6, 6.07) is 13.4. The van der Waals surface area contributed by atoms with Gasteiger partial charge in [0.1, 0.15) is 0 Å². The van der Waals surface area contributed by atoms with Crippen molar-refractivity contribution >= 4 is 16.7 Å². The molecule has 2 aromatic carbocycles. The van der Waals surface area contributed by atoms with E-state index in [1.807, 2.05) is 42.5 Å². The minimum absolute atomic E-state index is 0.573. The highest BCUT2D eigenvalue weighted by atomic mass is 16.4. The van der Waals surface area contributed by atoms with Crippen LogP contribution in [-0.2, 0) is 4.79 Å². The zero-order valence-electron chi connectivity index (χ0n) is 8.44. The molecule has 0 radical (unpaired) electrons. The van der Waals surface area contributed by atoms with Crippen LogP contribution in [-0.4, -0.2) is 5.97 Å². The number of carboxylic acids is 1. The second kappa shape index (κ2) is 3.73. The van der Waals surface area contributed by atoms with Crippen molar-refractivity contribution in [3.8, 4) is 0 Å². The van der Waals surface area contributed by atoms with E-state index in [9.17, 15) is 9.90 Å². The van der Waals surface area contributed by atoms with Crippen LogP contribution in [0.3, 0.4) is 0 Å². The summed E-state index contributed by atoms with van der Waals surface area (Å²) in [6.45, 7) is 1.65. The largest absolute Gasteiger partial charge is 0.550 e. The lowest BCUT2D eigenvalue weighted by molar-refractivity contribution is -0.307. The maximum absolute atomic E-state index is 10.8. The van der Waals surface area contributed by atoms with Gasteiger partial charge >= 0.3 is 0 Å². The SMILES string of the molecule is C[C@@H](C(=O)[O-])c1cccc2ccccc12. The Labute approximate surface area is 88.2 Å². The minimum Gasteiger partial charge on any atom is -0.550 e. The summed E-state index contributed by atoms with van der Waals surface area (Å²) in [5.41, 5.74) is 0.813. The van der Waals surface area contributed by atoms with Gasteiger partial charge in [-0.15, -0.1) is 0 Å². The van der Waals surface area contributed by atoms with Gasteiger partial charge in [-0.1, -0.05) is 49.4 Å². The topological polar surface area (TPSA) is 40.1 Å². The van der Waals surface area contributed by atoms with Crippen molar-refractivity contribution in [3.63, 3.8) is 0 Å². The predicted octanol–water partition coefficient (Wildman–Crippen LogP) is 1.69. The molecule has 15 heavy (non-hydrogen) atoms. The fraction of sp³-hybridized carbons (Fsp3) is 0.154. The van der Waals surface area contributed by atoms with E-state index < -0.39 is 11.9 Å². The molecule has 0 saturated carbocycles. The third kappa shape index (κ3) is 1.71. The summed E-state index contributed by atoms with van der Waals surface area (Å²) in [5.74, 6) is -1.61. The summed E-state index contributed by atoms with van der Waals surface area (Å²) in [4.78, 5) is 10.8. The first kappa shape index (κ1) is 9.71. The molecule has 2 heteroatoms. The Kier molecular flexibility index (Phi) is 2.42. The Bertz CT molecular complexity index is 497. The molecule has 76 valence electrons. The number of rotatable bonds is 2. The zero-order chi connectivity index (χ0) is 10.8. The van der Waals surface area contributed by atoms with E-state index in [4.69, 9.17) is 0 Å². The second-order valence-corrected chi connectivity index (χ2v) is 3.61. The lowest BCUT2D eigenvalue weighted by atomic mass is 9.95. The van der Waals surface area contributed by atoms with Crippen molar-refractivity contribution < 1.29 is 9.90 Å². The average molecular weight is 199 g/mol. The smallest absolute Gasteiger partial charge is 0.0486 e. The van der Waals surface area contributed by atoms with Gasteiger partial charge in [0.25, 0.3) is 0 Å². The predicted molar refractivity (Wildman–Crippen MR) is 57.4 cm³/mol. The number of benzene rings is 2. The third-order valence-corrected chi connectivity index (χ3v) is 2.64. The van der Waals surface area contributed by atoms with E-state index in [-0.39, 0.29) is 0 Å². The Balaban J connectivity index is 2.65. The molecule has 0 fully saturated rings. The van der Waals surface area contributed by atoms with Gasteiger partial charge in [0.05, 0.1) is 0 Å². The van der Waals surface area contributed by atoms with Gasteiger partial charge in [-0.25, -0.2) is 0 Å². The summed E-state index contributed by atoms with van der Waals surface area (Å²) in [7, 11) is 0. The van der Waals surface area contributed by atoms with Crippen LogP contribution in [0.4, 0.5) is 0 Å². The highest BCUT2D eigenvalue weighted by Gasteiger charge is 2.09. The number of fused-ring (bicyclic) bond motifs is 1. The number of hydrogen-bond donors (Lipinski definition) is 0. The molecule has 0 aliphatic heterocycles. The van der Waals surface area contributed by atoms with Crippen LogP contribution in [0.2, 0.25) is 0 Å². The molecule has 2 nitrogen and oxygen atoms in total. The monoisotopic (exact) mass is 199 g/mol. The van der Waals surface area contributed by atoms with Crippen LogP contribution in [0.25, 0.3) is 10.8 Å². The van der Waals surface area contributed by atoms with Crippen LogP contribution < -0.4 is 5.11 Å². The molecule has 0 aliphatic rings. The van der Waals surface area contributed by atoms with Crippen molar-refractivity contribution in [3.05, 3.63) is 48.0 Å². The van der Waals surface area contributed by atoms with Gasteiger partial charge in [0.15, 0.2) is 0 Å². The first-order valence-electron chi connectivity index (χ1n) is 4.88. The average Bonchev–Trinajstić information content (AvgIpc) is 2.27. The molecule has 0 spiro atoms. The summed E-state index contributed by atoms with van der Waals surface area (Å²) in [6.07, 6.45) is 0. The molecule has 0 aliphatic carbocycles. The number of aliphatic carboxylic acids is 1. The Morgan fingerprint density at radius 2 is 1.80 bits per heavy atom. The fourth-order valence-electron chi connectivity index (χ4n) is 1.76. The van der Waals surface area contributed by atoms with Gasteiger partial charge < -0.3 is 9.90 Å². The van der Waals surface area contributed by atoms with Gasteiger partial charge in [-0.05, 0) is 16.3 Å². The molecule has 0 heterocycles. The maximum Gasteiger partial charge on any atom is 0.0486 e. The molecule has 2 aromatic rings. The van der Waals surface area contributed by atoms with Gasteiger partial charge in [0.2, 0.25) is 0 Å². The highest BCUT2D eigenvalue weighted by molar-refractivity contribution is 5.90. The van der Waals surface area contributed by atoms with Crippen LogP contribution in [0.5, 0.6) is 0 Å². The highest BCUT2D eigenvalue weighted by Crippen LogP contribution is 2.24. The first-order chi connectivity index (χ1) is 7.20. The van der Waals surface area contributed by atoms with E-state index >= 15 is 0 Å². The van der Waals surface area contributed by atoms with E-state index in [2.05, 4.69) is 0 Å². The van der Waals surface area contributed by atoms with E-state index in [1.165, 1.54) is 0 Å². The van der Waals surface area contributed by atoms with Crippen LogP contribution in [0.15, 0.2) is 42.5 Å². The normalized spacial score (nSPS) is 12.6. The van der Waals surface area contributed by atoms with Crippen molar-refractivity contribution in [1.29, 1.82) is 0 Å². The number of carbonyl (C=O) groups is 1. The van der Waals surface area contributed by atoms with E-state index in [1.54, 1.807) is 6.92 Å². The Morgan fingerprint density at radius 1 is 1.13 bits per heavy atom. The molecule has 1 atom stereocenters.